The first-order chi connectivity index (χ1) is 12.5. The molecule has 2 unspecified atom stereocenters. The summed E-state index contributed by atoms with van der Waals surface area (Å²) in [5.41, 5.74) is 1.78. The van der Waals surface area contributed by atoms with Crippen molar-refractivity contribution >= 4 is 23.6 Å². The van der Waals surface area contributed by atoms with Crippen LogP contribution in [0.2, 0.25) is 0 Å². The minimum absolute atomic E-state index is 0.0786. The van der Waals surface area contributed by atoms with E-state index >= 15 is 0 Å². The number of hydrogen-bond donors (Lipinski definition) is 1. The lowest BCUT2D eigenvalue weighted by molar-refractivity contribution is -0.143. The van der Waals surface area contributed by atoms with E-state index in [4.69, 9.17) is 0 Å². The number of likely N-dealkylation sites (tertiary alicyclic amines) is 1. The summed E-state index contributed by atoms with van der Waals surface area (Å²) in [5.74, 6) is -0.312. The molecule has 2 aromatic rings. The van der Waals surface area contributed by atoms with Crippen LogP contribution in [0.3, 0.4) is 0 Å². The molecule has 3 rings (SSSR count). The van der Waals surface area contributed by atoms with Gasteiger partial charge in [-0.3, -0.25) is 9.59 Å². The number of hydrogen-bond acceptors (Lipinski definition) is 3. The third-order valence-corrected chi connectivity index (χ3v) is 5.73. The van der Waals surface area contributed by atoms with Gasteiger partial charge in [-0.2, -0.15) is 0 Å². The summed E-state index contributed by atoms with van der Waals surface area (Å²) in [5, 5.41) is 9.28. The molecule has 1 aliphatic heterocycles. The van der Waals surface area contributed by atoms with Crippen LogP contribution in [0.1, 0.15) is 29.3 Å². The molecule has 1 saturated heterocycles. The van der Waals surface area contributed by atoms with Gasteiger partial charge in [0.15, 0.2) is 0 Å². The van der Waals surface area contributed by atoms with Crippen molar-refractivity contribution in [3.05, 3.63) is 65.7 Å². The molecule has 0 aromatic heterocycles. The van der Waals surface area contributed by atoms with Gasteiger partial charge in [-0.05, 0) is 42.2 Å². The van der Waals surface area contributed by atoms with Crippen LogP contribution in [-0.2, 0) is 10.5 Å². The summed E-state index contributed by atoms with van der Waals surface area (Å²) < 4.78 is 0. The van der Waals surface area contributed by atoms with Crippen LogP contribution in [0.5, 0.6) is 0 Å². The van der Waals surface area contributed by atoms with Crippen LogP contribution in [0.25, 0.3) is 0 Å². The van der Waals surface area contributed by atoms with Crippen molar-refractivity contribution in [3.63, 3.8) is 0 Å². The van der Waals surface area contributed by atoms with Crippen molar-refractivity contribution in [2.75, 3.05) is 13.1 Å². The molecule has 136 valence electrons. The normalized spacial score (nSPS) is 20.0. The number of carbonyl (C=O) groups is 2. The average molecular weight is 369 g/mol. The topological polar surface area (TPSA) is 57.6 Å². The number of amides is 1. The Hall–Kier alpha value is -2.27. The lowest BCUT2D eigenvalue weighted by Gasteiger charge is -2.34. The molecule has 1 amide bonds. The molecule has 1 fully saturated rings. The second-order valence-electron chi connectivity index (χ2n) is 6.88. The number of carboxylic acids is 1. The van der Waals surface area contributed by atoms with Gasteiger partial charge in [-0.1, -0.05) is 37.3 Å². The van der Waals surface area contributed by atoms with E-state index in [9.17, 15) is 14.7 Å². The minimum atomic E-state index is -0.817. The predicted molar refractivity (Wildman–Crippen MR) is 103 cm³/mol. The summed E-state index contributed by atoms with van der Waals surface area (Å²) in [6, 6.07) is 17.9. The van der Waals surface area contributed by atoms with Crippen molar-refractivity contribution in [3.8, 4) is 0 Å². The third-order valence-electron chi connectivity index (χ3n) is 4.65. The highest BCUT2D eigenvalue weighted by molar-refractivity contribution is 7.98. The smallest absolute Gasteiger partial charge is 0.308 e. The third kappa shape index (κ3) is 4.67. The molecule has 26 heavy (non-hydrogen) atoms. The molecule has 5 heteroatoms. The van der Waals surface area contributed by atoms with Gasteiger partial charge in [0, 0.05) is 29.3 Å². The first kappa shape index (κ1) is 18.5. The van der Waals surface area contributed by atoms with Crippen LogP contribution in [0.4, 0.5) is 0 Å². The van der Waals surface area contributed by atoms with E-state index in [1.807, 2.05) is 49.4 Å². The predicted octanol–water partition coefficient (Wildman–Crippen LogP) is 4.16. The Kier molecular flexibility index (Phi) is 5.99. The van der Waals surface area contributed by atoms with Gasteiger partial charge in [0.1, 0.15) is 0 Å². The Balaban J connectivity index is 1.62. The molecular weight excluding hydrogens is 346 g/mol. The second-order valence-corrected chi connectivity index (χ2v) is 7.93. The summed E-state index contributed by atoms with van der Waals surface area (Å²) in [4.78, 5) is 26.9. The number of rotatable bonds is 5. The van der Waals surface area contributed by atoms with Crippen LogP contribution < -0.4 is 0 Å². The van der Waals surface area contributed by atoms with Gasteiger partial charge < -0.3 is 10.0 Å². The van der Waals surface area contributed by atoms with Gasteiger partial charge in [0.05, 0.1) is 5.92 Å². The van der Waals surface area contributed by atoms with E-state index in [-0.39, 0.29) is 11.8 Å². The fourth-order valence-corrected chi connectivity index (χ4v) is 4.18. The molecule has 1 N–H and O–H groups in total. The highest BCUT2D eigenvalue weighted by atomic mass is 32.2. The van der Waals surface area contributed by atoms with Crippen molar-refractivity contribution in [2.45, 2.75) is 24.0 Å². The quantitative estimate of drug-likeness (QED) is 0.804. The Morgan fingerprint density at radius 3 is 2.42 bits per heavy atom. The summed E-state index contributed by atoms with van der Waals surface area (Å²) >= 11 is 1.76. The molecule has 0 saturated carbocycles. The number of carboxylic acid groups (broad SMARTS) is 1. The fraction of sp³-hybridized carbons (Fsp3) is 0.333. The molecule has 0 bridgehead atoms. The monoisotopic (exact) mass is 369 g/mol. The molecule has 0 radical (unpaired) electrons. The van der Waals surface area contributed by atoms with Crippen molar-refractivity contribution in [2.24, 2.45) is 11.8 Å². The zero-order chi connectivity index (χ0) is 18.5. The van der Waals surface area contributed by atoms with E-state index < -0.39 is 11.9 Å². The van der Waals surface area contributed by atoms with Gasteiger partial charge in [-0.15, -0.1) is 11.8 Å². The van der Waals surface area contributed by atoms with Crippen LogP contribution in [0, 0.1) is 11.8 Å². The van der Waals surface area contributed by atoms with Crippen molar-refractivity contribution < 1.29 is 14.7 Å². The van der Waals surface area contributed by atoms with Crippen LogP contribution in [0.15, 0.2) is 59.5 Å². The fourth-order valence-electron chi connectivity index (χ4n) is 3.31. The standard InChI is InChI=1S/C21H23NO3S/c1-15-11-18(21(24)25)13-22(12-15)20(23)17-9-7-16(8-10-17)14-26-19-5-3-2-4-6-19/h2-10,15,18H,11-14H2,1H3,(H,24,25). The maximum atomic E-state index is 12.7. The Bertz CT molecular complexity index is 761. The number of thioether (sulfide) groups is 1. The largest absolute Gasteiger partial charge is 0.481 e. The van der Waals surface area contributed by atoms with E-state index in [0.29, 0.717) is 25.1 Å². The molecule has 0 aliphatic carbocycles. The average Bonchev–Trinajstić information content (AvgIpc) is 2.66. The van der Waals surface area contributed by atoms with E-state index in [1.54, 1.807) is 16.7 Å². The van der Waals surface area contributed by atoms with Crippen LogP contribution >= 0.6 is 11.8 Å². The first-order valence-electron chi connectivity index (χ1n) is 8.82. The van der Waals surface area contributed by atoms with E-state index in [2.05, 4.69) is 12.1 Å². The number of carbonyl (C=O) groups excluding carboxylic acids is 1. The maximum absolute atomic E-state index is 12.7. The molecule has 1 aliphatic rings. The number of piperidine rings is 1. The van der Waals surface area contributed by atoms with E-state index in [0.717, 1.165) is 11.3 Å². The Labute approximate surface area is 158 Å². The second kappa shape index (κ2) is 8.41. The molecular formula is C21H23NO3S. The van der Waals surface area contributed by atoms with Crippen molar-refractivity contribution in [1.29, 1.82) is 0 Å². The van der Waals surface area contributed by atoms with E-state index in [1.165, 1.54) is 4.90 Å². The van der Waals surface area contributed by atoms with Gasteiger partial charge in [0.2, 0.25) is 0 Å². The number of aliphatic carboxylic acids is 1. The maximum Gasteiger partial charge on any atom is 0.308 e. The molecule has 2 atom stereocenters. The van der Waals surface area contributed by atoms with Gasteiger partial charge in [-0.25, -0.2) is 0 Å². The summed E-state index contributed by atoms with van der Waals surface area (Å²) in [6.07, 6.45) is 0.634. The number of benzene rings is 2. The van der Waals surface area contributed by atoms with Gasteiger partial charge in [0.25, 0.3) is 5.91 Å². The lowest BCUT2D eigenvalue weighted by atomic mass is 9.90. The Morgan fingerprint density at radius 1 is 1.08 bits per heavy atom. The van der Waals surface area contributed by atoms with Crippen molar-refractivity contribution in [1.82, 2.24) is 4.90 Å². The molecule has 1 heterocycles. The number of nitrogens with zero attached hydrogens (tertiary/aromatic N) is 1. The molecule has 2 aromatic carbocycles. The summed E-state index contributed by atoms with van der Waals surface area (Å²) in [7, 11) is 0. The zero-order valence-corrected chi connectivity index (χ0v) is 15.6. The van der Waals surface area contributed by atoms with Crippen LogP contribution in [-0.4, -0.2) is 35.0 Å². The first-order valence-corrected chi connectivity index (χ1v) is 9.80. The SMILES string of the molecule is CC1CC(C(=O)O)CN(C(=O)c2ccc(CSc3ccccc3)cc2)C1. The zero-order valence-electron chi connectivity index (χ0n) is 14.8. The minimum Gasteiger partial charge on any atom is -0.481 e. The molecule has 4 nitrogen and oxygen atoms in total. The highest BCUT2D eigenvalue weighted by Gasteiger charge is 2.32. The molecule has 0 spiro atoms. The highest BCUT2D eigenvalue weighted by Crippen LogP contribution is 2.25. The summed E-state index contributed by atoms with van der Waals surface area (Å²) in [6.45, 7) is 2.91. The van der Waals surface area contributed by atoms with Gasteiger partial charge >= 0.3 is 5.97 Å². The lowest BCUT2D eigenvalue weighted by Crippen LogP contribution is -2.45. The Morgan fingerprint density at radius 2 is 1.77 bits per heavy atom.